The van der Waals surface area contributed by atoms with Crippen molar-refractivity contribution in [3.8, 4) is 12.3 Å². The van der Waals surface area contributed by atoms with Gasteiger partial charge < -0.3 is 4.90 Å². The van der Waals surface area contributed by atoms with Crippen molar-refractivity contribution in [3.63, 3.8) is 0 Å². The molecule has 0 bridgehead atoms. The summed E-state index contributed by atoms with van der Waals surface area (Å²) in [7, 11) is 1.34. The van der Waals surface area contributed by atoms with E-state index in [1.807, 2.05) is 0 Å². The van der Waals surface area contributed by atoms with Crippen LogP contribution in [0.25, 0.3) is 0 Å². The molecular formula is C11H8F3NO. The van der Waals surface area contributed by atoms with Gasteiger partial charge in [-0.15, -0.1) is 6.42 Å². The largest absolute Gasteiger partial charge is 0.330 e. The van der Waals surface area contributed by atoms with Gasteiger partial charge in [-0.2, -0.15) is 0 Å². The fourth-order valence-electron chi connectivity index (χ4n) is 1.11. The average molecular weight is 227 g/mol. The molecule has 1 amide bonds. The summed E-state index contributed by atoms with van der Waals surface area (Å²) >= 11 is 0. The second-order valence-corrected chi connectivity index (χ2v) is 3.09. The predicted octanol–water partition coefficient (Wildman–Crippen LogP) is 1.81. The number of benzene rings is 1. The Hall–Kier alpha value is -1.96. The third-order valence-corrected chi connectivity index (χ3v) is 1.94. The first kappa shape index (κ1) is 12.1. The minimum Gasteiger partial charge on any atom is -0.330 e. The Morgan fingerprint density at radius 2 is 2.00 bits per heavy atom. The molecule has 0 aliphatic heterocycles. The monoisotopic (exact) mass is 227 g/mol. The third kappa shape index (κ3) is 2.16. The molecule has 1 aromatic rings. The van der Waals surface area contributed by atoms with Crippen molar-refractivity contribution in [1.82, 2.24) is 4.90 Å². The van der Waals surface area contributed by atoms with E-state index in [4.69, 9.17) is 6.42 Å². The van der Waals surface area contributed by atoms with Crippen LogP contribution in [0.1, 0.15) is 10.4 Å². The summed E-state index contributed by atoms with van der Waals surface area (Å²) < 4.78 is 38.6. The molecule has 2 nitrogen and oxygen atoms in total. The van der Waals surface area contributed by atoms with Crippen molar-refractivity contribution in [1.29, 1.82) is 0 Å². The summed E-state index contributed by atoms with van der Waals surface area (Å²) in [4.78, 5) is 12.5. The summed E-state index contributed by atoms with van der Waals surface area (Å²) in [6.45, 7) is -0.0444. The molecule has 0 aliphatic rings. The maximum atomic E-state index is 13.2. The van der Waals surface area contributed by atoms with Gasteiger partial charge in [0, 0.05) is 7.05 Å². The summed E-state index contributed by atoms with van der Waals surface area (Å²) in [6.07, 6.45) is 4.97. The number of terminal acetylenes is 1. The molecular weight excluding hydrogens is 219 g/mol. The first-order valence-electron chi connectivity index (χ1n) is 4.31. The third-order valence-electron chi connectivity index (χ3n) is 1.94. The van der Waals surface area contributed by atoms with Gasteiger partial charge in [-0.05, 0) is 12.1 Å². The lowest BCUT2D eigenvalue weighted by Gasteiger charge is -2.14. The highest BCUT2D eigenvalue weighted by Crippen LogP contribution is 2.16. The van der Waals surface area contributed by atoms with Crippen molar-refractivity contribution in [2.45, 2.75) is 0 Å². The fraction of sp³-hybridized carbons (Fsp3) is 0.182. The van der Waals surface area contributed by atoms with E-state index >= 15 is 0 Å². The highest BCUT2D eigenvalue weighted by atomic mass is 19.2. The molecule has 84 valence electrons. The lowest BCUT2D eigenvalue weighted by Crippen LogP contribution is -2.28. The lowest BCUT2D eigenvalue weighted by molar-refractivity contribution is 0.0806. The van der Waals surface area contributed by atoms with Crippen LogP contribution in [-0.2, 0) is 0 Å². The molecule has 0 fully saturated rings. The maximum absolute atomic E-state index is 13.2. The van der Waals surface area contributed by atoms with Gasteiger partial charge in [0.1, 0.15) is 0 Å². The molecule has 0 aromatic heterocycles. The Bertz CT molecular complexity index is 465. The smallest absolute Gasteiger partial charge is 0.257 e. The number of rotatable bonds is 2. The zero-order valence-electron chi connectivity index (χ0n) is 8.43. The number of hydrogen-bond acceptors (Lipinski definition) is 1. The predicted molar refractivity (Wildman–Crippen MR) is 52.1 cm³/mol. The molecule has 1 rings (SSSR count). The molecule has 5 heteroatoms. The lowest BCUT2D eigenvalue weighted by atomic mass is 10.1. The van der Waals surface area contributed by atoms with Crippen LogP contribution in [0.4, 0.5) is 13.2 Å². The zero-order valence-corrected chi connectivity index (χ0v) is 8.43. The van der Waals surface area contributed by atoms with Crippen LogP contribution < -0.4 is 0 Å². The zero-order chi connectivity index (χ0) is 12.3. The molecule has 0 radical (unpaired) electrons. The summed E-state index contributed by atoms with van der Waals surface area (Å²) in [5.41, 5.74) is -0.545. The van der Waals surface area contributed by atoms with Crippen molar-refractivity contribution in [2.24, 2.45) is 0 Å². The molecule has 1 aromatic carbocycles. The van der Waals surface area contributed by atoms with Crippen molar-refractivity contribution >= 4 is 5.91 Å². The topological polar surface area (TPSA) is 20.3 Å². The van der Waals surface area contributed by atoms with Crippen molar-refractivity contribution < 1.29 is 18.0 Å². The molecule has 0 atom stereocenters. The number of halogens is 3. The Kier molecular flexibility index (Phi) is 3.56. The van der Waals surface area contributed by atoms with E-state index in [0.717, 1.165) is 11.0 Å². The van der Waals surface area contributed by atoms with Gasteiger partial charge in [-0.25, -0.2) is 13.2 Å². The number of carbonyl (C=O) groups excluding carboxylic acids is 1. The van der Waals surface area contributed by atoms with Crippen molar-refractivity contribution in [2.75, 3.05) is 13.6 Å². The van der Waals surface area contributed by atoms with Crippen LogP contribution in [0.2, 0.25) is 0 Å². The van der Waals surface area contributed by atoms with E-state index in [9.17, 15) is 18.0 Å². The fourth-order valence-corrected chi connectivity index (χ4v) is 1.11. The normalized spacial score (nSPS) is 9.69. The van der Waals surface area contributed by atoms with E-state index in [-0.39, 0.29) is 6.54 Å². The SMILES string of the molecule is C#CCN(C)C(=O)c1ccc(F)c(F)c1F. The van der Waals surface area contributed by atoms with Crippen molar-refractivity contribution in [3.05, 3.63) is 35.1 Å². The molecule has 0 saturated carbocycles. The van der Waals surface area contributed by atoms with Crippen LogP contribution in [0.5, 0.6) is 0 Å². The van der Waals surface area contributed by atoms with E-state index < -0.39 is 28.9 Å². The molecule has 0 heterocycles. The Balaban J connectivity index is 3.11. The van der Waals surface area contributed by atoms with Crippen LogP contribution in [0, 0.1) is 29.8 Å². The molecule has 16 heavy (non-hydrogen) atoms. The van der Waals surface area contributed by atoms with Gasteiger partial charge in [0.15, 0.2) is 17.5 Å². The number of carbonyl (C=O) groups is 1. The molecule has 0 unspecified atom stereocenters. The summed E-state index contributed by atoms with van der Waals surface area (Å²) in [5, 5.41) is 0. The van der Waals surface area contributed by atoms with Gasteiger partial charge >= 0.3 is 0 Å². The number of nitrogens with zero attached hydrogens (tertiary/aromatic N) is 1. The second kappa shape index (κ2) is 4.71. The molecule has 0 aliphatic carbocycles. The van der Waals surface area contributed by atoms with Gasteiger partial charge in [-0.3, -0.25) is 4.79 Å². The quantitative estimate of drug-likeness (QED) is 0.557. The molecule has 0 saturated heterocycles. The second-order valence-electron chi connectivity index (χ2n) is 3.09. The standard InChI is InChI=1S/C11H8F3NO/c1-3-6-15(2)11(16)7-4-5-8(12)10(14)9(7)13/h1,4-5H,6H2,2H3. The van der Waals surface area contributed by atoms with Gasteiger partial charge in [0.05, 0.1) is 12.1 Å². The first-order valence-corrected chi connectivity index (χ1v) is 4.31. The van der Waals surface area contributed by atoms with Crippen LogP contribution in [0.15, 0.2) is 12.1 Å². The number of amides is 1. The van der Waals surface area contributed by atoms with Crippen LogP contribution >= 0.6 is 0 Å². The minimum atomic E-state index is -1.67. The minimum absolute atomic E-state index is 0.0444. The van der Waals surface area contributed by atoms with E-state index in [1.165, 1.54) is 7.05 Å². The van der Waals surface area contributed by atoms with E-state index in [0.29, 0.717) is 6.07 Å². The molecule has 0 N–H and O–H groups in total. The van der Waals surface area contributed by atoms with E-state index in [1.54, 1.807) is 0 Å². The first-order chi connectivity index (χ1) is 7.49. The highest BCUT2D eigenvalue weighted by Gasteiger charge is 2.20. The Labute approximate surface area is 90.7 Å². The number of hydrogen-bond donors (Lipinski definition) is 0. The van der Waals surface area contributed by atoms with E-state index in [2.05, 4.69) is 5.92 Å². The van der Waals surface area contributed by atoms with Gasteiger partial charge in [0.25, 0.3) is 5.91 Å². The average Bonchev–Trinajstić information content (AvgIpc) is 2.26. The summed E-state index contributed by atoms with van der Waals surface area (Å²) in [5.74, 6) is -3.13. The maximum Gasteiger partial charge on any atom is 0.257 e. The van der Waals surface area contributed by atoms with Crippen LogP contribution in [-0.4, -0.2) is 24.4 Å². The van der Waals surface area contributed by atoms with Gasteiger partial charge in [0.2, 0.25) is 0 Å². The van der Waals surface area contributed by atoms with Crippen LogP contribution in [0.3, 0.4) is 0 Å². The Morgan fingerprint density at radius 3 is 2.56 bits per heavy atom. The molecule has 0 spiro atoms. The summed E-state index contributed by atoms with van der Waals surface area (Å²) in [6, 6.07) is 1.57. The highest BCUT2D eigenvalue weighted by molar-refractivity contribution is 5.94. The van der Waals surface area contributed by atoms with Gasteiger partial charge in [-0.1, -0.05) is 5.92 Å². The Morgan fingerprint density at radius 1 is 1.38 bits per heavy atom.